The van der Waals surface area contributed by atoms with Gasteiger partial charge in [-0.15, -0.1) is 11.8 Å². The van der Waals surface area contributed by atoms with Gasteiger partial charge in [-0.05, 0) is 30.9 Å². The molecular formula is C21H33N3O3S. The number of benzene rings is 1. The fraction of sp³-hybridized carbons (Fsp3) is 0.667. The van der Waals surface area contributed by atoms with Crippen molar-refractivity contribution >= 4 is 17.7 Å². The number of nitrogens with one attached hydrogen (secondary N) is 1. The molecule has 3 unspecified atom stereocenters. The number of hydrogen-bond acceptors (Lipinski definition) is 5. The van der Waals surface area contributed by atoms with Crippen molar-refractivity contribution in [1.82, 2.24) is 10.2 Å². The maximum atomic E-state index is 5.96. The van der Waals surface area contributed by atoms with Crippen LogP contribution in [0.3, 0.4) is 0 Å². The molecule has 1 aromatic carbocycles. The van der Waals surface area contributed by atoms with Gasteiger partial charge in [-0.25, -0.2) is 0 Å². The lowest BCUT2D eigenvalue weighted by Crippen LogP contribution is -2.53. The number of aliphatic imine (C=N–C) groups is 1. The molecule has 2 fully saturated rings. The predicted octanol–water partition coefficient (Wildman–Crippen LogP) is 2.88. The van der Waals surface area contributed by atoms with Crippen LogP contribution in [-0.4, -0.2) is 75.8 Å². The summed E-state index contributed by atoms with van der Waals surface area (Å²) >= 11 is 1.84. The van der Waals surface area contributed by atoms with E-state index in [0.29, 0.717) is 5.92 Å². The third kappa shape index (κ3) is 5.78. The fourth-order valence-corrected chi connectivity index (χ4v) is 4.67. The lowest BCUT2D eigenvalue weighted by molar-refractivity contribution is -0.0817. The molecule has 7 heteroatoms. The van der Waals surface area contributed by atoms with Crippen LogP contribution in [0.15, 0.2) is 34.2 Å². The lowest BCUT2D eigenvalue weighted by Gasteiger charge is -2.37. The van der Waals surface area contributed by atoms with Crippen molar-refractivity contribution in [2.75, 3.05) is 52.8 Å². The SMILES string of the molecule is CN=C(NCC(C)CSc1ccccc1OC)N1CCOC(C2CCCO2)C1. The molecule has 2 aliphatic heterocycles. The molecule has 0 radical (unpaired) electrons. The molecule has 0 spiro atoms. The summed E-state index contributed by atoms with van der Waals surface area (Å²) in [4.78, 5) is 7.99. The third-order valence-electron chi connectivity index (χ3n) is 5.19. The molecule has 3 rings (SSSR count). The second kappa shape index (κ2) is 10.9. The van der Waals surface area contributed by atoms with Crippen LogP contribution in [0.1, 0.15) is 19.8 Å². The van der Waals surface area contributed by atoms with Crippen LogP contribution in [0.5, 0.6) is 5.75 Å². The number of nitrogens with zero attached hydrogens (tertiary/aromatic N) is 2. The lowest BCUT2D eigenvalue weighted by atomic mass is 10.1. The normalized spacial score (nSPS) is 24.2. The summed E-state index contributed by atoms with van der Waals surface area (Å²) in [6.45, 7) is 6.44. The van der Waals surface area contributed by atoms with Crippen LogP contribution >= 0.6 is 11.8 Å². The molecule has 28 heavy (non-hydrogen) atoms. The van der Waals surface area contributed by atoms with Crippen molar-refractivity contribution in [1.29, 1.82) is 0 Å². The molecule has 0 aliphatic carbocycles. The fourth-order valence-electron chi connectivity index (χ4n) is 3.62. The largest absolute Gasteiger partial charge is 0.496 e. The number of guanidine groups is 1. The molecule has 3 atom stereocenters. The average Bonchev–Trinajstić information content (AvgIpc) is 3.28. The standard InChI is InChI=1S/C21H33N3O3S/c1-16(15-28-20-9-5-4-7-18(20)25-3)13-23-21(22-2)24-10-12-27-19(14-24)17-8-6-11-26-17/h4-5,7,9,16-17,19H,6,8,10-15H2,1-3H3,(H,22,23). The first-order valence-corrected chi connectivity index (χ1v) is 11.1. The molecule has 2 saturated heterocycles. The van der Waals surface area contributed by atoms with Gasteiger partial charge in [-0.2, -0.15) is 0 Å². The molecule has 0 saturated carbocycles. The molecule has 0 aromatic heterocycles. The highest BCUT2D eigenvalue weighted by Gasteiger charge is 2.32. The zero-order valence-corrected chi connectivity index (χ0v) is 18.0. The Hall–Kier alpha value is -1.44. The zero-order valence-electron chi connectivity index (χ0n) is 17.2. The second-order valence-electron chi connectivity index (χ2n) is 7.40. The first-order chi connectivity index (χ1) is 13.7. The van der Waals surface area contributed by atoms with E-state index in [0.717, 1.165) is 63.2 Å². The number of thioether (sulfide) groups is 1. The zero-order chi connectivity index (χ0) is 19.8. The van der Waals surface area contributed by atoms with Crippen LogP contribution in [0.4, 0.5) is 0 Å². The first kappa shape index (κ1) is 21.3. The highest BCUT2D eigenvalue weighted by molar-refractivity contribution is 7.99. The van der Waals surface area contributed by atoms with Crippen molar-refractivity contribution in [2.45, 2.75) is 36.9 Å². The van der Waals surface area contributed by atoms with Gasteiger partial charge in [0.25, 0.3) is 0 Å². The van der Waals surface area contributed by atoms with Crippen molar-refractivity contribution in [3.8, 4) is 5.75 Å². The number of ether oxygens (including phenoxy) is 3. The highest BCUT2D eigenvalue weighted by Crippen LogP contribution is 2.30. The molecular weight excluding hydrogens is 374 g/mol. The predicted molar refractivity (Wildman–Crippen MR) is 115 cm³/mol. The number of morpholine rings is 1. The van der Waals surface area contributed by atoms with Crippen molar-refractivity contribution < 1.29 is 14.2 Å². The molecule has 1 N–H and O–H groups in total. The quantitative estimate of drug-likeness (QED) is 0.426. The van der Waals surface area contributed by atoms with Crippen LogP contribution < -0.4 is 10.1 Å². The third-order valence-corrected chi connectivity index (χ3v) is 6.57. The minimum atomic E-state index is 0.147. The van der Waals surface area contributed by atoms with Gasteiger partial charge in [0.15, 0.2) is 5.96 Å². The summed E-state index contributed by atoms with van der Waals surface area (Å²) < 4.78 is 17.2. The summed E-state index contributed by atoms with van der Waals surface area (Å²) in [6, 6.07) is 8.18. The van der Waals surface area contributed by atoms with Crippen molar-refractivity contribution in [2.24, 2.45) is 10.9 Å². The minimum absolute atomic E-state index is 0.147. The Kier molecular flexibility index (Phi) is 8.30. The average molecular weight is 408 g/mol. The van der Waals surface area contributed by atoms with Crippen LogP contribution in [0, 0.1) is 5.92 Å². The summed E-state index contributed by atoms with van der Waals surface area (Å²) in [5.41, 5.74) is 0. The van der Waals surface area contributed by atoms with Gasteiger partial charge in [-0.3, -0.25) is 4.99 Å². The summed E-state index contributed by atoms with van der Waals surface area (Å²) in [5, 5.41) is 3.55. The van der Waals surface area contributed by atoms with Crippen LogP contribution in [0.25, 0.3) is 0 Å². The number of hydrogen-bond donors (Lipinski definition) is 1. The van der Waals surface area contributed by atoms with Gasteiger partial charge < -0.3 is 24.4 Å². The Morgan fingerprint density at radius 1 is 1.32 bits per heavy atom. The Morgan fingerprint density at radius 3 is 2.89 bits per heavy atom. The summed E-state index contributed by atoms with van der Waals surface area (Å²) in [6.07, 6.45) is 2.62. The summed E-state index contributed by atoms with van der Waals surface area (Å²) in [5.74, 6) is 3.42. The van der Waals surface area contributed by atoms with Gasteiger partial charge in [0.05, 0.1) is 19.8 Å². The Labute approximate surface area is 173 Å². The number of para-hydroxylation sites is 1. The summed E-state index contributed by atoms with van der Waals surface area (Å²) in [7, 11) is 3.58. The monoisotopic (exact) mass is 407 g/mol. The van der Waals surface area contributed by atoms with Gasteiger partial charge in [0, 0.05) is 43.9 Å². The molecule has 6 nitrogen and oxygen atoms in total. The van der Waals surface area contributed by atoms with E-state index in [2.05, 4.69) is 34.3 Å². The number of methoxy groups -OCH3 is 1. The smallest absolute Gasteiger partial charge is 0.193 e. The Bertz CT molecular complexity index is 637. The second-order valence-corrected chi connectivity index (χ2v) is 8.46. The maximum absolute atomic E-state index is 5.96. The van der Waals surface area contributed by atoms with E-state index in [1.807, 2.05) is 30.9 Å². The molecule has 0 bridgehead atoms. The van der Waals surface area contributed by atoms with Crippen LogP contribution in [0.2, 0.25) is 0 Å². The van der Waals surface area contributed by atoms with E-state index in [9.17, 15) is 0 Å². The van der Waals surface area contributed by atoms with E-state index in [4.69, 9.17) is 14.2 Å². The molecule has 156 valence electrons. The number of rotatable bonds is 7. The Morgan fingerprint density at radius 2 is 2.14 bits per heavy atom. The Balaban J connectivity index is 1.45. The molecule has 2 aliphatic rings. The maximum Gasteiger partial charge on any atom is 0.193 e. The van der Waals surface area contributed by atoms with Gasteiger partial charge in [0.2, 0.25) is 0 Å². The first-order valence-electron chi connectivity index (χ1n) is 10.2. The van der Waals surface area contributed by atoms with Gasteiger partial charge in [0.1, 0.15) is 11.9 Å². The highest BCUT2D eigenvalue weighted by atomic mass is 32.2. The van der Waals surface area contributed by atoms with Crippen LogP contribution in [-0.2, 0) is 9.47 Å². The van der Waals surface area contributed by atoms with Crippen molar-refractivity contribution in [3.63, 3.8) is 0 Å². The molecule has 0 amide bonds. The van der Waals surface area contributed by atoms with Gasteiger partial charge in [-0.1, -0.05) is 19.1 Å². The van der Waals surface area contributed by atoms with E-state index in [-0.39, 0.29) is 12.2 Å². The molecule has 1 aromatic rings. The van der Waals surface area contributed by atoms with E-state index in [1.54, 1.807) is 7.11 Å². The van der Waals surface area contributed by atoms with E-state index in [1.165, 1.54) is 4.90 Å². The van der Waals surface area contributed by atoms with E-state index >= 15 is 0 Å². The van der Waals surface area contributed by atoms with Crippen molar-refractivity contribution in [3.05, 3.63) is 24.3 Å². The topological polar surface area (TPSA) is 55.3 Å². The minimum Gasteiger partial charge on any atom is -0.496 e. The molecule has 2 heterocycles. The van der Waals surface area contributed by atoms with Gasteiger partial charge >= 0.3 is 0 Å². The van der Waals surface area contributed by atoms with E-state index < -0.39 is 0 Å².